The van der Waals surface area contributed by atoms with E-state index in [-0.39, 0.29) is 22.8 Å². The van der Waals surface area contributed by atoms with Crippen molar-refractivity contribution in [3.8, 4) is 40.9 Å². The van der Waals surface area contributed by atoms with Crippen LogP contribution in [0, 0.1) is 22.7 Å². The summed E-state index contributed by atoms with van der Waals surface area (Å²) in [7, 11) is 0. The molecule has 51 heavy (non-hydrogen) atoms. The van der Waals surface area contributed by atoms with Gasteiger partial charge < -0.3 is 19.3 Å². The number of hydrogen-bond acceptors (Lipinski definition) is 14. The molecule has 0 aliphatic rings. The van der Waals surface area contributed by atoms with Crippen molar-refractivity contribution in [3.63, 3.8) is 0 Å². The Morgan fingerprint density at radius 1 is 0.745 bits per heavy atom. The number of aromatic hydroxyl groups is 1. The average molecular weight is 803 g/mol. The van der Waals surface area contributed by atoms with Gasteiger partial charge in [0.2, 0.25) is 0 Å². The highest BCUT2D eigenvalue weighted by molar-refractivity contribution is 8.00. The average Bonchev–Trinajstić information content (AvgIpc) is 3.69. The maximum atomic E-state index is 12.3. The second-order valence-corrected chi connectivity index (χ2v) is 13.5. The molecule has 0 radical (unpaired) electrons. The molecule has 0 unspecified atom stereocenters. The summed E-state index contributed by atoms with van der Waals surface area (Å²) in [5.74, 6) is -0.804. The molecule has 0 bridgehead atoms. The number of rotatable bonds is 6. The molecule has 2 aromatic carbocycles. The van der Waals surface area contributed by atoms with E-state index >= 15 is 0 Å². The van der Waals surface area contributed by atoms with Crippen LogP contribution >= 0.6 is 57.8 Å². The third-order valence-electron chi connectivity index (χ3n) is 5.60. The van der Waals surface area contributed by atoms with Gasteiger partial charge in [0.25, 0.3) is 0 Å². The van der Waals surface area contributed by atoms with Crippen molar-refractivity contribution in [3.05, 3.63) is 77.1 Å². The zero-order chi connectivity index (χ0) is 37.3. The molecule has 21 heteroatoms. The van der Waals surface area contributed by atoms with Gasteiger partial charge in [0.15, 0.2) is 25.7 Å². The number of fused-ring (bicyclic) bond motifs is 2. The Balaban J connectivity index is 0.000000189. The first-order valence-corrected chi connectivity index (χ1v) is 17.8. The quantitative estimate of drug-likeness (QED) is 0.126. The van der Waals surface area contributed by atoms with Crippen molar-refractivity contribution in [1.82, 2.24) is 19.9 Å². The molecule has 6 aromatic rings. The monoisotopic (exact) mass is 802 g/mol. The van der Waals surface area contributed by atoms with Crippen LogP contribution in [0.1, 0.15) is 11.1 Å². The Bertz CT molecular complexity index is 2240. The van der Waals surface area contributed by atoms with Crippen LogP contribution in [-0.2, 0) is 0 Å². The van der Waals surface area contributed by atoms with Crippen LogP contribution in [0.15, 0.2) is 69.6 Å². The maximum absolute atomic E-state index is 12.3. The van der Waals surface area contributed by atoms with Crippen molar-refractivity contribution in [2.24, 2.45) is 0 Å². The largest absolute Gasteiger partial charge is 0.573 e. The number of pyridine rings is 2. The number of ether oxygens (including phenoxy) is 3. The van der Waals surface area contributed by atoms with Crippen molar-refractivity contribution >= 4 is 78.5 Å². The van der Waals surface area contributed by atoms with E-state index in [2.05, 4.69) is 29.4 Å². The normalized spacial score (nSPS) is 11.0. The SMILES string of the molecule is CSc1nc2ncc(C#N)c(Cl)c2s1.CSc1nc2ncc(C#N)c(Oc3cccc(OC(F)(F)F)c3)c2s1.Oc1cccc(OC(F)(F)F)c1. The number of alkyl halides is 6. The number of benzene rings is 2. The molecule has 0 aliphatic heterocycles. The fourth-order valence-electron chi connectivity index (χ4n) is 3.63. The van der Waals surface area contributed by atoms with E-state index in [1.165, 1.54) is 71.1 Å². The van der Waals surface area contributed by atoms with E-state index in [1.807, 2.05) is 24.6 Å². The topological polar surface area (TPSA) is 147 Å². The molecule has 10 nitrogen and oxygen atoms in total. The number of hydrogen-bond donors (Lipinski definition) is 1. The molecule has 4 aromatic heterocycles. The predicted octanol–water partition coefficient (Wildman–Crippen LogP) is 10.2. The number of nitrogens with zero attached hydrogens (tertiary/aromatic N) is 6. The Kier molecular flexibility index (Phi) is 13.0. The van der Waals surface area contributed by atoms with Gasteiger partial charge >= 0.3 is 12.7 Å². The highest BCUT2D eigenvalue weighted by Crippen LogP contribution is 2.39. The summed E-state index contributed by atoms with van der Waals surface area (Å²) in [6, 6.07) is 13.5. The van der Waals surface area contributed by atoms with E-state index in [9.17, 15) is 31.6 Å². The maximum Gasteiger partial charge on any atom is 0.573 e. The van der Waals surface area contributed by atoms with Gasteiger partial charge in [-0.3, -0.25) is 0 Å². The second kappa shape index (κ2) is 17.0. The molecule has 0 spiro atoms. The Morgan fingerprint density at radius 3 is 1.76 bits per heavy atom. The number of phenols is 1. The molecule has 0 saturated heterocycles. The predicted molar refractivity (Wildman–Crippen MR) is 181 cm³/mol. The van der Waals surface area contributed by atoms with Crippen LogP contribution < -0.4 is 14.2 Å². The summed E-state index contributed by atoms with van der Waals surface area (Å²) in [5, 5.41) is 27.2. The summed E-state index contributed by atoms with van der Waals surface area (Å²) in [5.41, 5.74) is 1.58. The van der Waals surface area contributed by atoms with Crippen LogP contribution in [0.4, 0.5) is 26.3 Å². The first kappa shape index (κ1) is 39.1. The van der Waals surface area contributed by atoms with E-state index in [0.717, 1.165) is 37.6 Å². The zero-order valence-electron chi connectivity index (χ0n) is 25.4. The van der Waals surface area contributed by atoms with E-state index in [1.54, 1.807) is 11.8 Å². The van der Waals surface area contributed by atoms with Gasteiger partial charge in [-0.1, -0.05) is 47.3 Å². The number of aromatic nitrogens is 4. The summed E-state index contributed by atoms with van der Waals surface area (Å²) >= 11 is 11.7. The molecule has 4 heterocycles. The highest BCUT2D eigenvalue weighted by atomic mass is 35.5. The van der Waals surface area contributed by atoms with Gasteiger partial charge in [-0.25, -0.2) is 19.9 Å². The van der Waals surface area contributed by atoms with Crippen LogP contribution in [-0.4, -0.2) is 50.3 Å². The number of nitriles is 2. The number of thiazole rings is 2. The van der Waals surface area contributed by atoms with Crippen molar-refractivity contribution in [1.29, 1.82) is 10.5 Å². The third-order valence-corrected chi connectivity index (χ3v) is 10.2. The highest BCUT2D eigenvalue weighted by Gasteiger charge is 2.32. The Labute approximate surface area is 305 Å². The summed E-state index contributed by atoms with van der Waals surface area (Å²) in [6.45, 7) is 0. The lowest BCUT2D eigenvalue weighted by Crippen LogP contribution is -2.17. The fraction of sp³-hybridized carbons (Fsp3) is 0.133. The molecule has 0 aliphatic carbocycles. The van der Waals surface area contributed by atoms with Gasteiger partial charge in [0.05, 0.1) is 21.5 Å². The minimum Gasteiger partial charge on any atom is -0.508 e. The Hall–Kier alpha value is -4.73. The lowest BCUT2D eigenvalue weighted by atomic mass is 10.2. The summed E-state index contributed by atoms with van der Waals surface area (Å²) < 4.78 is 87.8. The van der Waals surface area contributed by atoms with Crippen LogP contribution in [0.25, 0.3) is 20.7 Å². The molecule has 6 rings (SSSR count). The van der Waals surface area contributed by atoms with E-state index in [4.69, 9.17) is 26.7 Å². The molecule has 0 fully saturated rings. The van der Waals surface area contributed by atoms with Crippen LogP contribution in [0.5, 0.6) is 28.7 Å². The smallest absolute Gasteiger partial charge is 0.508 e. The number of phenolic OH excluding ortho intramolecular Hbond substituents is 1. The molecule has 1 N–H and O–H groups in total. The van der Waals surface area contributed by atoms with Gasteiger partial charge in [-0.05, 0) is 36.8 Å². The van der Waals surface area contributed by atoms with Crippen LogP contribution in [0.3, 0.4) is 0 Å². The lowest BCUT2D eigenvalue weighted by molar-refractivity contribution is -0.275. The molecular weight excluding hydrogens is 786 g/mol. The standard InChI is InChI=1S/C15H8F3N3O2S2.C8H4ClN3S2.C7H5F3O2/c1-24-14-21-13-12(25-14)11(8(6-19)7-20-13)22-9-3-2-4-10(5-9)23-15(16,17)18;1-13-8-12-7-6(14-8)5(9)4(2-10)3-11-7;8-7(9,10)12-6-3-1-2-5(11)4-6/h2-5,7H,1H3;3H,1H3;1-4,11H. The molecule has 0 amide bonds. The molecule has 0 saturated carbocycles. The zero-order valence-corrected chi connectivity index (χ0v) is 29.4. The van der Waals surface area contributed by atoms with Crippen molar-refractivity contribution in [2.45, 2.75) is 21.4 Å². The van der Waals surface area contributed by atoms with Crippen molar-refractivity contribution in [2.75, 3.05) is 12.5 Å². The van der Waals surface area contributed by atoms with E-state index in [0.29, 0.717) is 26.6 Å². The van der Waals surface area contributed by atoms with Gasteiger partial charge in [-0.2, -0.15) is 10.5 Å². The van der Waals surface area contributed by atoms with Gasteiger partial charge in [-0.15, -0.1) is 49.0 Å². The van der Waals surface area contributed by atoms with Gasteiger partial charge in [0, 0.05) is 18.3 Å². The van der Waals surface area contributed by atoms with Crippen molar-refractivity contribution < 1.29 is 45.7 Å². The minimum atomic E-state index is -4.80. The molecular formula is C30H17ClF6N6O4S4. The molecule has 0 atom stereocenters. The summed E-state index contributed by atoms with van der Waals surface area (Å²) in [4.78, 5) is 16.7. The first-order valence-electron chi connectivity index (χ1n) is 13.3. The second-order valence-electron chi connectivity index (χ2n) is 9.05. The first-order chi connectivity index (χ1) is 24.1. The third kappa shape index (κ3) is 11.1. The Morgan fingerprint density at radius 2 is 1.24 bits per heavy atom. The lowest BCUT2D eigenvalue weighted by Gasteiger charge is -2.11. The van der Waals surface area contributed by atoms with Crippen LogP contribution in [0.2, 0.25) is 5.02 Å². The summed E-state index contributed by atoms with van der Waals surface area (Å²) in [6.07, 6.45) is -2.96. The van der Waals surface area contributed by atoms with Gasteiger partial charge in [0.1, 0.15) is 45.4 Å². The fourth-order valence-corrected chi connectivity index (χ4v) is 6.88. The molecule has 264 valence electrons. The minimum absolute atomic E-state index is 0.102. The van der Waals surface area contributed by atoms with E-state index < -0.39 is 24.2 Å². The number of thioether (sulfide) groups is 2. The number of halogens is 7.